The smallest absolute Gasteiger partial charge is 0.273 e. The number of Topliss-reactive ketones (excluding diaryl/α,β-unsaturated/α-hetero) is 1. The van der Waals surface area contributed by atoms with Crippen molar-refractivity contribution >= 4 is 23.2 Å². The zero-order chi connectivity index (χ0) is 21.8. The number of hydrogen-bond acceptors (Lipinski definition) is 6. The van der Waals surface area contributed by atoms with E-state index >= 15 is 0 Å². The van der Waals surface area contributed by atoms with Gasteiger partial charge in [0.2, 0.25) is 0 Å². The molecule has 7 heteroatoms. The number of carbonyl (C=O) groups is 1. The van der Waals surface area contributed by atoms with Crippen LogP contribution in [0.15, 0.2) is 70.4 Å². The number of rotatable bonds is 6. The zero-order valence-corrected chi connectivity index (χ0v) is 17.7. The lowest BCUT2D eigenvalue weighted by molar-refractivity contribution is -0.385. The second-order valence-electron chi connectivity index (χ2n) is 7.04. The zero-order valence-electron chi connectivity index (χ0n) is 16.9. The summed E-state index contributed by atoms with van der Waals surface area (Å²) in [6, 6.07) is 16.6. The van der Waals surface area contributed by atoms with E-state index < -0.39 is 10.8 Å². The van der Waals surface area contributed by atoms with E-state index in [2.05, 4.69) is 11.4 Å². The molecule has 1 atom stereocenters. The van der Waals surface area contributed by atoms with E-state index in [4.69, 9.17) is 0 Å². The Morgan fingerprint density at radius 1 is 1.20 bits per heavy atom. The van der Waals surface area contributed by atoms with Gasteiger partial charge in [0.05, 0.1) is 27.5 Å². The highest BCUT2D eigenvalue weighted by molar-refractivity contribution is 8.02. The topological polar surface area (TPSA) is 96.0 Å². The minimum absolute atomic E-state index is 0.0482. The molecule has 0 bridgehead atoms. The molecule has 2 aromatic carbocycles. The first-order valence-corrected chi connectivity index (χ1v) is 10.4. The minimum atomic E-state index is -0.469. The molecule has 0 spiro atoms. The Hall–Kier alpha value is -3.37. The maximum Gasteiger partial charge on any atom is 0.273 e. The van der Waals surface area contributed by atoms with Crippen LogP contribution in [0.5, 0.6) is 0 Å². The minimum Gasteiger partial charge on any atom is -0.353 e. The monoisotopic (exact) mass is 419 g/mol. The number of nitriles is 1. The number of dihydropyridines is 1. The summed E-state index contributed by atoms with van der Waals surface area (Å²) in [5.74, 6) is -0.236. The second kappa shape index (κ2) is 8.97. The lowest BCUT2D eigenvalue weighted by atomic mass is 9.79. The predicted octanol–water partition coefficient (Wildman–Crippen LogP) is 5.12. The Morgan fingerprint density at radius 3 is 2.50 bits per heavy atom. The SMILES string of the molecule is CC(=O)C1=C(C)NC(SCc2ccccc2[N+](=O)[O-])=C(C#N)C1c1ccccc1C. The number of thioether (sulfide) groups is 1. The molecule has 1 aliphatic rings. The summed E-state index contributed by atoms with van der Waals surface area (Å²) in [5, 5.41) is 25.1. The van der Waals surface area contributed by atoms with Crippen molar-refractivity contribution < 1.29 is 9.72 Å². The number of hydrogen-bond donors (Lipinski definition) is 1. The molecule has 30 heavy (non-hydrogen) atoms. The summed E-state index contributed by atoms with van der Waals surface area (Å²) >= 11 is 1.33. The molecule has 0 saturated carbocycles. The average molecular weight is 420 g/mol. The van der Waals surface area contributed by atoms with Crippen molar-refractivity contribution in [2.45, 2.75) is 32.4 Å². The molecule has 1 unspecified atom stereocenters. The van der Waals surface area contributed by atoms with Crippen molar-refractivity contribution in [2.24, 2.45) is 0 Å². The third kappa shape index (κ3) is 4.14. The van der Waals surface area contributed by atoms with Crippen molar-refractivity contribution in [3.8, 4) is 6.07 Å². The Morgan fingerprint density at radius 2 is 1.87 bits per heavy atom. The number of nitro benzene ring substituents is 1. The van der Waals surface area contributed by atoms with Crippen molar-refractivity contribution in [3.63, 3.8) is 0 Å². The van der Waals surface area contributed by atoms with Crippen LogP contribution in [-0.4, -0.2) is 10.7 Å². The maximum atomic E-state index is 12.5. The molecule has 152 valence electrons. The Labute approximate surface area is 179 Å². The molecule has 2 aromatic rings. The normalized spacial score (nSPS) is 16.1. The van der Waals surface area contributed by atoms with Crippen molar-refractivity contribution in [1.29, 1.82) is 5.26 Å². The third-order valence-corrected chi connectivity index (χ3v) is 6.15. The molecule has 0 aromatic heterocycles. The third-order valence-electron chi connectivity index (χ3n) is 5.09. The van der Waals surface area contributed by atoms with E-state index in [1.54, 1.807) is 18.2 Å². The fraction of sp³-hybridized carbons (Fsp3) is 0.217. The van der Waals surface area contributed by atoms with E-state index in [0.29, 0.717) is 33.2 Å². The van der Waals surface area contributed by atoms with Gasteiger partial charge >= 0.3 is 0 Å². The van der Waals surface area contributed by atoms with Crippen LogP contribution in [-0.2, 0) is 10.5 Å². The van der Waals surface area contributed by atoms with Gasteiger partial charge in [-0.15, -0.1) is 11.8 Å². The van der Waals surface area contributed by atoms with Crippen LogP contribution < -0.4 is 5.32 Å². The van der Waals surface area contributed by atoms with Crippen LogP contribution in [0.4, 0.5) is 5.69 Å². The van der Waals surface area contributed by atoms with Crippen LogP contribution in [0.3, 0.4) is 0 Å². The van der Waals surface area contributed by atoms with Crippen LogP contribution >= 0.6 is 11.8 Å². The number of aryl methyl sites for hydroxylation is 1. The molecule has 1 aliphatic heterocycles. The number of nitrogens with one attached hydrogen (secondary N) is 1. The fourth-order valence-corrected chi connectivity index (χ4v) is 4.76. The molecule has 0 aliphatic carbocycles. The second-order valence-corrected chi connectivity index (χ2v) is 8.02. The molecular weight excluding hydrogens is 398 g/mol. The summed E-state index contributed by atoms with van der Waals surface area (Å²) in [5.41, 5.74) is 4.23. The Balaban J connectivity index is 2.05. The van der Waals surface area contributed by atoms with Gasteiger partial charge in [0.25, 0.3) is 5.69 Å². The van der Waals surface area contributed by atoms with E-state index in [-0.39, 0.29) is 11.5 Å². The van der Waals surface area contributed by atoms with Crippen molar-refractivity contribution in [1.82, 2.24) is 5.32 Å². The number of allylic oxidation sites excluding steroid dienone is 3. The van der Waals surface area contributed by atoms with E-state index in [0.717, 1.165) is 11.1 Å². The highest BCUT2D eigenvalue weighted by Gasteiger charge is 2.33. The van der Waals surface area contributed by atoms with Gasteiger partial charge in [-0.25, -0.2) is 0 Å². The molecule has 0 fully saturated rings. The van der Waals surface area contributed by atoms with Gasteiger partial charge in [-0.05, 0) is 31.9 Å². The van der Waals surface area contributed by atoms with Crippen LogP contribution in [0, 0.1) is 28.4 Å². The standard InChI is InChI=1S/C23H21N3O3S/c1-14-8-4-6-10-18(14)22-19(12-24)23(25-15(2)21(22)16(3)27)30-13-17-9-5-7-11-20(17)26(28)29/h4-11,22,25H,13H2,1-3H3. The summed E-state index contributed by atoms with van der Waals surface area (Å²) in [4.78, 5) is 23.4. The largest absolute Gasteiger partial charge is 0.353 e. The summed E-state index contributed by atoms with van der Waals surface area (Å²) in [6.07, 6.45) is 0. The number of carbonyl (C=O) groups excluding carboxylic acids is 1. The molecule has 1 N–H and O–H groups in total. The molecule has 0 saturated heterocycles. The van der Waals surface area contributed by atoms with Gasteiger partial charge in [0.15, 0.2) is 5.78 Å². The fourth-order valence-electron chi connectivity index (χ4n) is 3.68. The van der Waals surface area contributed by atoms with Crippen molar-refractivity contribution in [3.05, 3.63) is 97.2 Å². The first-order chi connectivity index (χ1) is 14.3. The summed E-state index contributed by atoms with van der Waals surface area (Å²) in [7, 11) is 0. The van der Waals surface area contributed by atoms with E-state index in [1.807, 2.05) is 38.1 Å². The Kier molecular flexibility index (Phi) is 6.38. The number of nitrogens with zero attached hydrogens (tertiary/aromatic N) is 2. The molecule has 6 nitrogen and oxygen atoms in total. The number of ketones is 1. The van der Waals surface area contributed by atoms with Gasteiger partial charge in [-0.3, -0.25) is 14.9 Å². The van der Waals surface area contributed by atoms with Crippen molar-refractivity contribution in [2.75, 3.05) is 0 Å². The number of benzene rings is 2. The molecule has 3 rings (SSSR count). The van der Waals surface area contributed by atoms with Gasteiger partial charge < -0.3 is 5.32 Å². The quantitative estimate of drug-likeness (QED) is 0.516. The highest BCUT2D eigenvalue weighted by Crippen LogP contribution is 2.42. The number of nitro groups is 1. The lowest BCUT2D eigenvalue weighted by Gasteiger charge is -2.30. The molecule has 1 heterocycles. The van der Waals surface area contributed by atoms with Gasteiger partial charge in [-0.1, -0.05) is 42.5 Å². The predicted molar refractivity (Wildman–Crippen MR) is 117 cm³/mol. The van der Waals surface area contributed by atoms with E-state index in [9.17, 15) is 20.2 Å². The molecule has 0 amide bonds. The Bertz CT molecular complexity index is 1130. The van der Waals surface area contributed by atoms with Gasteiger partial charge in [0.1, 0.15) is 0 Å². The van der Waals surface area contributed by atoms with Gasteiger partial charge in [0, 0.05) is 28.7 Å². The highest BCUT2D eigenvalue weighted by atomic mass is 32.2. The molecule has 0 radical (unpaired) electrons. The molecular formula is C23H21N3O3S. The first kappa shape index (κ1) is 21.3. The van der Waals surface area contributed by atoms with Crippen LogP contribution in [0.25, 0.3) is 0 Å². The van der Waals surface area contributed by atoms with E-state index in [1.165, 1.54) is 24.8 Å². The van der Waals surface area contributed by atoms with Crippen LogP contribution in [0.2, 0.25) is 0 Å². The first-order valence-electron chi connectivity index (χ1n) is 9.38. The lowest BCUT2D eigenvalue weighted by Crippen LogP contribution is -2.27. The van der Waals surface area contributed by atoms with Crippen LogP contribution in [0.1, 0.15) is 36.5 Å². The number of para-hydroxylation sites is 1. The summed E-state index contributed by atoms with van der Waals surface area (Å²) < 4.78 is 0. The van der Waals surface area contributed by atoms with Gasteiger partial charge in [-0.2, -0.15) is 5.26 Å². The average Bonchev–Trinajstić information content (AvgIpc) is 2.71. The summed E-state index contributed by atoms with van der Waals surface area (Å²) in [6.45, 7) is 5.29. The maximum absolute atomic E-state index is 12.5.